The Kier molecular flexibility index (Phi) is 4.98. The average Bonchev–Trinajstić information content (AvgIpc) is 1.85. The van der Waals surface area contributed by atoms with E-state index in [0.717, 1.165) is 19.3 Å². The first-order chi connectivity index (χ1) is 5.06. The maximum absolute atomic E-state index is 5.81. The minimum atomic E-state index is -0.00383. The van der Waals surface area contributed by atoms with Gasteiger partial charge in [0.15, 0.2) is 0 Å². The van der Waals surface area contributed by atoms with E-state index in [4.69, 9.17) is 12.2 Å². The molecule has 0 saturated heterocycles. The Morgan fingerprint density at radius 2 is 1.91 bits per heavy atom. The van der Waals surface area contributed by atoms with Crippen LogP contribution in [-0.2, 0) is 0 Å². The summed E-state index contributed by atoms with van der Waals surface area (Å²) in [7, 11) is 0. The molecule has 0 amide bonds. The Morgan fingerprint density at radius 1 is 1.27 bits per heavy atom. The van der Waals surface area contributed by atoms with Gasteiger partial charge < -0.3 is 5.73 Å². The van der Waals surface area contributed by atoms with Crippen molar-refractivity contribution >= 4 is 0 Å². The Bertz CT molecular complexity index is 125. The predicted molar refractivity (Wildman–Crippen MR) is 50.2 cm³/mol. The van der Waals surface area contributed by atoms with E-state index in [-0.39, 0.29) is 5.54 Å². The molecular formula is C10H19N. The smallest absolute Gasteiger partial charge is 0.00970 e. The number of nitrogens with two attached hydrogens (primary N) is 1. The first-order valence-electron chi connectivity index (χ1n) is 4.28. The highest BCUT2D eigenvalue weighted by Crippen LogP contribution is 2.10. The van der Waals surface area contributed by atoms with Gasteiger partial charge in [-0.15, -0.1) is 12.3 Å². The van der Waals surface area contributed by atoms with Crippen LogP contribution in [0.1, 0.15) is 46.0 Å². The number of terminal acetylenes is 1. The van der Waals surface area contributed by atoms with E-state index >= 15 is 0 Å². The SMILES string of the molecule is C#CCCCCCC(C)(C)N. The fourth-order valence-corrected chi connectivity index (χ4v) is 0.984. The van der Waals surface area contributed by atoms with Crippen molar-refractivity contribution in [3.63, 3.8) is 0 Å². The molecule has 0 aliphatic rings. The zero-order chi connectivity index (χ0) is 8.74. The predicted octanol–water partition coefficient (Wildman–Crippen LogP) is 2.31. The van der Waals surface area contributed by atoms with Crippen LogP contribution in [0.3, 0.4) is 0 Å². The van der Waals surface area contributed by atoms with Gasteiger partial charge in [0.2, 0.25) is 0 Å². The highest BCUT2D eigenvalue weighted by Gasteiger charge is 2.08. The van der Waals surface area contributed by atoms with Crippen molar-refractivity contribution in [2.75, 3.05) is 0 Å². The monoisotopic (exact) mass is 153 g/mol. The van der Waals surface area contributed by atoms with E-state index in [0.29, 0.717) is 0 Å². The lowest BCUT2D eigenvalue weighted by Gasteiger charge is -2.17. The summed E-state index contributed by atoms with van der Waals surface area (Å²) in [5.41, 5.74) is 5.81. The molecule has 0 aromatic rings. The minimum Gasteiger partial charge on any atom is -0.326 e. The van der Waals surface area contributed by atoms with Crippen molar-refractivity contribution < 1.29 is 0 Å². The molecule has 0 aliphatic carbocycles. The summed E-state index contributed by atoms with van der Waals surface area (Å²) in [5.74, 6) is 2.63. The van der Waals surface area contributed by atoms with Gasteiger partial charge in [-0.3, -0.25) is 0 Å². The van der Waals surface area contributed by atoms with Crippen LogP contribution in [-0.4, -0.2) is 5.54 Å². The van der Waals surface area contributed by atoms with Gasteiger partial charge >= 0.3 is 0 Å². The van der Waals surface area contributed by atoms with Crippen molar-refractivity contribution in [2.45, 2.75) is 51.5 Å². The zero-order valence-electron chi connectivity index (χ0n) is 7.69. The van der Waals surface area contributed by atoms with Crippen LogP contribution in [0.25, 0.3) is 0 Å². The van der Waals surface area contributed by atoms with Crippen LogP contribution in [0.5, 0.6) is 0 Å². The lowest BCUT2D eigenvalue weighted by molar-refractivity contribution is 0.447. The Balaban J connectivity index is 3.10. The van der Waals surface area contributed by atoms with Gasteiger partial charge in [-0.25, -0.2) is 0 Å². The van der Waals surface area contributed by atoms with E-state index in [2.05, 4.69) is 19.8 Å². The van der Waals surface area contributed by atoms with Crippen molar-refractivity contribution in [2.24, 2.45) is 5.73 Å². The summed E-state index contributed by atoms with van der Waals surface area (Å²) in [6.07, 6.45) is 10.7. The summed E-state index contributed by atoms with van der Waals surface area (Å²) in [6, 6.07) is 0. The molecule has 0 heterocycles. The molecule has 2 N–H and O–H groups in total. The molecule has 0 bridgehead atoms. The van der Waals surface area contributed by atoms with Crippen LogP contribution in [0.2, 0.25) is 0 Å². The fourth-order valence-electron chi connectivity index (χ4n) is 0.984. The van der Waals surface area contributed by atoms with E-state index < -0.39 is 0 Å². The molecule has 0 unspecified atom stereocenters. The molecule has 0 radical (unpaired) electrons. The molecule has 0 saturated carbocycles. The second kappa shape index (κ2) is 5.21. The Hall–Kier alpha value is -0.480. The van der Waals surface area contributed by atoms with Gasteiger partial charge in [0.05, 0.1) is 0 Å². The molecule has 0 aromatic carbocycles. The van der Waals surface area contributed by atoms with Gasteiger partial charge in [-0.2, -0.15) is 0 Å². The van der Waals surface area contributed by atoms with Gasteiger partial charge in [0, 0.05) is 12.0 Å². The molecule has 0 aliphatic heterocycles. The van der Waals surface area contributed by atoms with Gasteiger partial charge in [0.1, 0.15) is 0 Å². The third-order valence-electron chi connectivity index (χ3n) is 1.64. The standard InChI is InChI=1S/C10H19N/c1-4-5-6-7-8-9-10(2,3)11/h1H,5-9,11H2,2-3H3. The van der Waals surface area contributed by atoms with E-state index in [1.807, 2.05) is 0 Å². The number of rotatable bonds is 5. The summed E-state index contributed by atoms with van der Waals surface area (Å²) in [5, 5.41) is 0. The topological polar surface area (TPSA) is 26.0 Å². The van der Waals surface area contributed by atoms with Crippen molar-refractivity contribution in [3.8, 4) is 12.3 Å². The highest BCUT2D eigenvalue weighted by atomic mass is 14.7. The molecule has 64 valence electrons. The van der Waals surface area contributed by atoms with Gasteiger partial charge in [0.25, 0.3) is 0 Å². The summed E-state index contributed by atoms with van der Waals surface area (Å²) < 4.78 is 0. The number of unbranched alkanes of at least 4 members (excludes halogenated alkanes) is 3. The lowest BCUT2D eigenvalue weighted by Crippen LogP contribution is -2.31. The molecule has 1 nitrogen and oxygen atoms in total. The molecule has 11 heavy (non-hydrogen) atoms. The highest BCUT2D eigenvalue weighted by molar-refractivity contribution is 4.83. The molecule has 0 fully saturated rings. The van der Waals surface area contributed by atoms with Crippen molar-refractivity contribution in [3.05, 3.63) is 0 Å². The van der Waals surface area contributed by atoms with Crippen LogP contribution in [0.4, 0.5) is 0 Å². The third-order valence-corrected chi connectivity index (χ3v) is 1.64. The van der Waals surface area contributed by atoms with Crippen molar-refractivity contribution in [1.29, 1.82) is 0 Å². The second-order valence-corrected chi connectivity index (χ2v) is 3.75. The molecule has 0 rings (SSSR count). The third kappa shape index (κ3) is 9.52. The lowest BCUT2D eigenvalue weighted by atomic mass is 9.98. The van der Waals surface area contributed by atoms with Crippen LogP contribution in [0, 0.1) is 12.3 Å². The Morgan fingerprint density at radius 3 is 2.36 bits per heavy atom. The Labute approximate surface area is 70.4 Å². The fraction of sp³-hybridized carbons (Fsp3) is 0.800. The first kappa shape index (κ1) is 10.5. The maximum atomic E-state index is 5.81. The first-order valence-corrected chi connectivity index (χ1v) is 4.28. The normalized spacial score (nSPS) is 11.1. The maximum Gasteiger partial charge on any atom is 0.00970 e. The summed E-state index contributed by atoms with van der Waals surface area (Å²) >= 11 is 0. The molecular weight excluding hydrogens is 134 g/mol. The average molecular weight is 153 g/mol. The van der Waals surface area contributed by atoms with Crippen LogP contribution < -0.4 is 5.73 Å². The largest absolute Gasteiger partial charge is 0.326 e. The second-order valence-electron chi connectivity index (χ2n) is 3.75. The zero-order valence-corrected chi connectivity index (χ0v) is 7.69. The molecule has 0 atom stereocenters. The molecule has 1 heteroatoms. The van der Waals surface area contributed by atoms with Crippen molar-refractivity contribution in [1.82, 2.24) is 0 Å². The number of hydrogen-bond acceptors (Lipinski definition) is 1. The van der Waals surface area contributed by atoms with Crippen LogP contribution in [0.15, 0.2) is 0 Å². The summed E-state index contributed by atoms with van der Waals surface area (Å²) in [4.78, 5) is 0. The van der Waals surface area contributed by atoms with E-state index in [1.54, 1.807) is 0 Å². The van der Waals surface area contributed by atoms with E-state index in [1.165, 1.54) is 12.8 Å². The van der Waals surface area contributed by atoms with Gasteiger partial charge in [-0.1, -0.05) is 12.8 Å². The quantitative estimate of drug-likeness (QED) is 0.476. The molecule has 0 aromatic heterocycles. The van der Waals surface area contributed by atoms with Gasteiger partial charge in [-0.05, 0) is 26.7 Å². The van der Waals surface area contributed by atoms with Crippen LogP contribution >= 0.6 is 0 Å². The summed E-state index contributed by atoms with van der Waals surface area (Å²) in [6.45, 7) is 4.13. The van der Waals surface area contributed by atoms with E-state index in [9.17, 15) is 0 Å². The molecule has 0 spiro atoms. The minimum absolute atomic E-state index is 0.00383. The number of hydrogen-bond donors (Lipinski definition) is 1.